The molecule has 0 spiro atoms. The minimum Gasteiger partial charge on any atom is -0.481 e. The first-order chi connectivity index (χ1) is 7.66. The maximum absolute atomic E-state index is 10.0. The molecule has 0 aliphatic rings. The Morgan fingerprint density at radius 3 is 1.18 bits per heavy atom. The van der Waals surface area contributed by atoms with Crippen LogP contribution in [-0.4, -0.2) is 57.9 Å². The first-order valence-electron chi connectivity index (χ1n) is 5.31. The van der Waals surface area contributed by atoms with Crippen LogP contribution in [0.1, 0.15) is 27.2 Å². The summed E-state index contributed by atoms with van der Waals surface area (Å²) in [4.78, 5) is 10.0. The van der Waals surface area contributed by atoms with Crippen LogP contribution in [0.2, 0.25) is 0 Å². The Kier molecular flexibility index (Phi) is 9.23. The minimum atomic E-state index is -1.11. The number of aliphatic hydroxyl groups excluding tert-OH is 4. The molecular formula is C11H24O6. The van der Waals surface area contributed by atoms with E-state index in [4.69, 9.17) is 25.5 Å². The van der Waals surface area contributed by atoms with Crippen molar-refractivity contribution in [3.63, 3.8) is 0 Å². The zero-order chi connectivity index (χ0) is 14.1. The van der Waals surface area contributed by atoms with Crippen molar-refractivity contribution in [3.05, 3.63) is 0 Å². The lowest BCUT2D eigenvalue weighted by atomic mass is 9.93. The van der Waals surface area contributed by atoms with E-state index in [1.807, 2.05) is 20.8 Å². The summed E-state index contributed by atoms with van der Waals surface area (Å²) in [6.45, 7) is 4.09. The summed E-state index contributed by atoms with van der Waals surface area (Å²) in [5.41, 5.74) is -1.19. The second-order valence-corrected chi connectivity index (χ2v) is 5.26. The molecule has 0 fully saturated rings. The number of carboxylic acids is 1. The summed E-state index contributed by atoms with van der Waals surface area (Å²) < 4.78 is 0. The van der Waals surface area contributed by atoms with Gasteiger partial charge >= 0.3 is 5.97 Å². The highest BCUT2D eigenvalue weighted by Crippen LogP contribution is 2.17. The molecule has 104 valence electrons. The third-order valence-corrected chi connectivity index (χ3v) is 2.02. The first kappa shape index (κ1) is 18.7. The minimum absolute atomic E-state index is 0.0775. The normalized spacial score (nSPS) is 11.7. The molecule has 0 aromatic carbocycles. The molecule has 5 N–H and O–H groups in total. The summed E-state index contributed by atoms with van der Waals surface area (Å²) in [7, 11) is 0. The lowest BCUT2D eigenvalue weighted by molar-refractivity contribution is -0.139. The maximum Gasteiger partial charge on any atom is 0.303 e. The molecule has 0 rings (SSSR count). The van der Waals surface area contributed by atoms with Gasteiger partial charge in [0, 0.05) is 0 Å². The Balaban J connectivity index is 0. The number of aliphatic carboxylic acids is 1. The molecule has 17 heavy (non-hydrogen) atoms. The summed E-state index contributed by atoms with van der Waals surface area (Å²) in [5, 5.41) is 42.2. The van der Waals surface area contributed by atoms with Crippen molar-refractivity contribution in [2.45, 2.75) is 27.2 Å². The van der Waals surface area contributed by atoms with Crippen molar-refractivity contribution in [3.8, 4) is 0 Å². The van der Waals surface area contributed by atoms with Gasteiger partial charge in [-0.2, -0.15) is 0 Å². The number of hydrogen-bond donors (Lipinski definition) is 5. The molecule has 0 bridgehead atoms. The Hall–Kier alpha value is -0.690. The smallest absolute Gasteiger partial charge is 0.303 e. The van der Waals surface area contributed by atoms with Crippen LogP contribution in [0, 0.1) is 10.8 Å². The Morgan fingerprint density at radius 2 is 1.18 bits per heavy atom. The fourth-order valence-corrected chi connectivity index (χ4v) is 0.754. The zero-order valence-electron chi connectivity index (χ0n) is 10.7. The van der Waals surface area contributed by atoms with E-state index in [1.54, 1.807) is 0 Å². The van der Waals surface area contributed by atoms with Crippen LogP contribution in [0.3, 0.4) is 0 Å². The molecule has 0 atom stereocenters. The molecule has 0 aliphatic carbocycles. The van der Waals surface area contributed by atoms with Gasteiger partial charge in [0.2, 0.25) is 0 Å². The van der Waals surface area contributed by atoms with Crippen LogP contribution in [-0.2, 0) is 4.79 Å². The summed E-state index contributed by atoms with van der Waals surface area (Å²) >= 11 is 0. The van der Waals surface area contributed by atoms with Gasteiger partial charge in [-0.1, -0.05) is 20.8 Å². The van der Waals surface area contributed by atoms with Gasteiger partial charge in [0.15, 0.2) is 0 Å². The van der Waals surface area contributed by atoms with Crippen LogP contribution < -0.4 is 0 Å². The van der Waals surface area contributed by atoms with Crippen molar-refractivity contribution in [1.29, 1.82) is 0 Å². The fraction of sp³-hybridized carbons (Fsp3) is 0.909. The SMILES string of the molecule is CC(C)(C)CC(=O)O.OCC(CO)(CO)CO. The van der Waals surface area contributed by atoms with E-state index < -0.39 is 37.8 Å². The first-order valence-corrected chi connectivity index (χ1v) is 5.31. The third-order valence-electron chi connectivity index (χ3n) is 2.02. The molecule has 6 heteroatoms. The molecule has 0 saturated heterocycles. The van der Waals surface area contributed by atoms with E-state index >= 15 is 0 Å². The van der Waals surface area contributed by atoms with Crippen LogP contribution in [0.5, 0.6) is 0 Å². The van der Waals surface area contributed by atoms with Crippen molar-refractivity contribution in [1.82, 2.24) is 0 Å². The third kappa shape index (κ3) is 10.2. The van der Waals surface area contributed by atoms with E-state index in [0.717, 1.165) is 0 Å². The largest absolute Gasteiger partial charge is 0.481 e. The second-order valence-electron chi connectivity index (χ2n) is 5.26. The standard InChI is InChI=1S/C6H12O2.C5H12O4/c1-6(2,3)4-5(7)8;6-1-5(2-7,3-8)4-9/h4H2,1-3H3,(H,7,8);6-9H,1-4H2. The molecule has 0 unspecified atom stereocenters. The summed E-state index contributed by atoms with van der Waals surface area (Å²) in [6.07, 6.45) is 0.243. The highest BCUT2D eigenvalue weighted by Gasteiger charge is 2.26. The summed E-state index contributed by atoms with van der Waals surface area (Å²) in [5.74, 6) is -0.725. The molecule has 6 nitrogen and oxygen atoms in total. The van der Waals surface area contributed by atoms with E-state index in [-0.39, 0.29) is 11.8 Å². The van der Waals surface area contributed by atoms with Crippen molar-refractivity contribution < 1.29 is 30.3 Å². The molecule has 0 saturated carbocycles. The molecule has 0 amide bonds. The van der Waals surface area contributed by atoms with Crippen molar-refractivity contribution in [2.75, 3.05) is 26.4 Å². The maximum atomic E-state index is 10.0. The van der Waals surface area contributed by atoms with Crippen LogP contribution in [0.25, 0.3) is 0 Å². The van der Waals surface area contributed by atoms with E-state index in [0.29, 0.717) is 0 Å². The van der Waals surface area contributed by atoms with E-state index in [1.165, 1.54) is 0 Å². The molecule has 0 aromatic rings. The monoisotopic (exact) mass is 252 g/mol. The number of carbonyl (C=O) groups is 1. The summed E-state index contributed by atoms with van der Waals surface area (Å²) in [6, 6.07) is 0. The molecule has 0 aromatic heterocycles. The average Bonchev–Trinajstić information content (AvgIpc) is 2.19. The Bertz CT molecular complexity index is 187. The zero-order valence-corrected chi connectivity index (χ0v) is 10.7. The van der Waals surface area contributed by atoms with E-state index in [9.17, 15) is 4.79 Å². The van der Waals surface area contributed by atoms with Gasteiger partial charge in [-0.3, -0.25) is 4.79 Å². The van der Waals surface area contributed by atoms with Crippen molar-refractivity contribution >= 4 is 5.97 Å². The highest BCUT2D eigenvalue weighted by atomic mass is 16.4. The van der Waals surface area contributed by atoms with E-state index in [2.05, 4.69) is 0 Å². The van der Waals surface area contributed by atoms with Gasteiger partial charge in [0.05, 0.1) is 38.3 Å². The number of hydrogen-bond acceptors (Lipinski definition) is 5. The van der Waals surface area contributed by atoms with Crippen LogP contribution in [0.4, 0.5) is 0 Å². The van der Waals surface area contributed by atoms with Gasteiger partial charge in [0.25, 0.3) is 0 Å². The molecule has 0 heterocycles. The lowest BCUT2D eigenvalue weighted by Crippen LogP contribution is -2.37. The Morgan fingerprint density at radius 1 is 0.882 bits per heavy atom. The number of rotatable bonds is 5. The van der Waals surface area contributed by atoms with Gasteiger partial charge in [-0.05, 0) is 5.41 Å². The predicted molar refractivity (Wildman–Crippen MR) is 62.5 cm³/mol. The topological polar surface area (TPSA) is 118 Å². The lowest BCUT2D eigenvalue weighted by Gasteiger charge is -2.23. The van der Waals surface area contributed by atoms with Crippen LogP contribution in [0.15, 0.2) is 0 Å². The Labute approximate surface area is 102 Å². The molecular weight excluding hydrogens is 228 g/mol. The number of aliphatic hydroxyl groups is 4. The molecule has 0 radical (unpaired) electrons. The van der Waals surface area contributed by atoms with Crippen LogP contribution >= 0.6 is 0 Å². The average molecular weight is 252 g/mol. The highest BCUT2D eigenvalue weighted by molar-refractivity contribution is 5.67. The molecule has 0 aliphatic heterocycles. The quantitative estimate of drug-likeness (QED) is 0.448. The second kappa shape index (κ2) is 8.41. The van der Waals surface area contributed by atoms with Gasteiger partial charge in [-0.15, -0.1) is 0 Å². The van der Waals surface area contributed by atoms with Crippen molar-refractivity contribution in [2.24, 2.45) is 10.8 Å². The fourth-order valence-electron chi connectivity index (χ4n) is 0.754. The number of carboxylic acid groups (broad SMARTS) is 1. The predicted octanol–water partition coefficient (Wildman–Crippen LogP) is -0.551. The van der Waals surface area contributed by atoms with Gasteiger partial charge in [0.1, 0.15) is 0 Å². The van der Waals surface area contributed by atoms with Gasteiger partial charge in [-0.25, -0.2) is 0 Å². The van der Waals surface area contributed by atoms with Gasteiger partial charge < -0.3 is 25.5 Å².